The Morgan fingerprint density at radius 2 is 0.470 bits per heavy atom. The topological polar surface area (TPSA) is 78.9 Å². The van der Waals surface area contributed by atoms with Crippen LogP contribution in [-0.2, 0) is 28.6 Å². The van der Waals surface area contributed by atoms with Crippen molar-refractivity contribution >= 4 is 17.9 Å². The molecule has 0 amide bonds. The van der Waals surface area contributed by atoms with E-state index in [0.717, 1.165) is 83.5 Å². The fourth-order valence-corrected chi connectivity index (χ4v) is 11.3. The molecule has 0 aliphatic rings. The first-order valence-corrected chi connectivity index (χ1v) is 37.1. The van der Waals surface area contributed by atoms with Crippen molar-refractivity contribution in [1.29, 1.82) is 0 Å². The van der Waals surface area contributed by atoms with Gasteiger partial charge in [-0.05, 0) is 77.0 Å². The first kappa shape index (κ1) is 80.4. The van der Waals surface area contributed by atoms with Crippen molar-refractivity contribution in [2.45, 2.75) is 412 Å². The molecule has 0 aromatic rings. The quantitative estimate of drug-likeness (QED) is 0.0261. The second kappa shape index (κ2) is 71.8. The fraction of sp³-hybridized carbons (Fsp3) is 0.857. The molecule has 0 radical (unpaired) electrons. The van der Waals surface area contributed by atoms with E-state index in [0.29, 0.717) is 19.3 Å². The fourth-order valence-electron chi connectivity index (χ4n) is 11.3. The predicted octanol–water partition coefficient (Wildman–Crippen LogP) is 25.7. The average Bonchev–Trinajstić information content (AvgIpc) is 3.49. The van der Waals surface area contributed by atoms with E-state index in [2.05, 4.69) is 69.4 Å². The number of rotatable bonds is 69. The summed E-state index contributed by atoms with van der Waals surface area (Å²) in [7, 11) is 0. The lowest BCUT2D eigenvalue weighted by molar-refractivity contribution is -0.167. The second-order valence-electron chi connectivity index (χ2n) is 25.2. The van der Waals surface area contributed by atoms with Gasteiger partial charge < -0.3 is 14.2 Å². The molecule has 0 spiro atoms. The minimum absolute atomic E-state index is 0.0739. The highest BCUT2D eigenvalue weighted by atomic mass is 16.6. The van der Waals surface area contributed by atoms with Gasteiger partial charge in [0.15, 0.2) is 6.10 Å². The van der Waals surface area contributed by atoms with E-state index in [4.69, 9.17) is 14.2 Å². The molecule has 1 unspecified atom stereocenters. The van der Waals surface area contributed by atoms with Gasteiger partial charge in [0.25, 0.3) is 0 Å². The summed E-state index contributed by atoms with van der Waals surface area (Å²) in [5.41, 5.74) is 0. The van der Waals surface area contributed by atoms with E-state index >= 15 is 0 Å². The molecular weight excluding hydrogens is 1020 g/mol. The van der Waals surface area contributed by atoms with Crippen LogP contribution >= 0.6 is 0 Å². The average molecular weight is 1160 g/mol. The van der Waals surface area contributed by atoms with E-state index in [1.807, 2.05) is 0 Å². The summed E-state index contributed by atoms with van der Waals surface area (Å²) in [6.07, 6.45) is 91.6. The molecule has 486 valence electrons. The van der Waals surface area contributed by atoms with E-state index < -0.39 is 6.10 Å². The maximum Gasteiger partial charge on any atom is 0.306 e. The SMILES string of the molecule is CC/C=C\C/C=C\C/C=C\CCCCCCCCCC(=O)OCC(COC(=O)CCCCCCCCCCCCCCCCCCCCCCCCCCCCCCCC)OC(=O)CCCCCCCCC/C=C\CCCCCCCCC. The van der Waals surface area contributed by atoms with Crippen LogP contribution in [0.25, 0.3) is 0 Å². The number of ether oxygens (including phenoxy) is 3. The third-order valence-electron chi connectivity index (χ3n) is 16.8. The summed E-state index contributed by atoms with van der Waals surface area (Å²) < 4.78 is 17.0. The summed E-state index contributed by atoms with van der Waals surface area (Å²) in [5, 5.41) is 0. The van der Waals surface area contributed by atoms with Crippen LogP contribution in [0.1, 0.15) is 406 Å². The van der Waals surface area contributed by atoms with Gasteiger partial charge in [0.05, 0.1) is 0 Å². The largest absolute Gasteiger partial charge is 0.462 e. The maximum absolute atomic E-state index is 13.0. The second-order valence-corrected chi connectivity index (χ2v) is 25.2. The first-order valence-electron chi connectivity index (χ1n) is 37.1. The van der Waals surface area contributed by atoms with Gasteiger partial charge in [-0.25, -0.2) is 0 Å². The molecule has 0 aromatic carbocycles. The summed E-state index contributed by atoms with van der Waals surface area (Å²) in [6, 6.07) is 0. The number of allylic oxidation sites excluding steroid dienone is 8. The van der Waals surface area contributed by atoms with Crippen molar-refractivity contribution in [3.05, 3.63) is 48.6 Å². The summed E-state index contributed by atoms with van der Waals surface area (Å²) in [5.74, 6) is -0.861. The number of unbranched alkanes of at least 4 members (excludes halogenated alkanes) is 50. The first-order chi connectivity index (χ1) is 41.0. The maximum atomic E-state index is 13.0. The zero-order chi connectivity index (χ0) is 59.9. The normalized spacial score (nSPS) is 12.3. The number of hydrogen-bond acceptors (Lipinski definition) is 6. The van der Waals surface area contributed by atoms with Gasteiger partial charge in [-0.15, -0.1) is 0 Å². The van der Waals surface area contributed by atoms with Crippen LogP contribution in [0, 0.1) is 0 Å². The van der Waals surface area contributed by atoms with Gasteiger partial charge in [-0.1, -0.05) is 358 Å². The lowest BCUT2D eigenvalue weighted by atomic mass is 10.0. The van der Waals surface area contributed by atoms with Crippen molar-refractivity contribution in [1.82, 2.24) is 0 Å². The van der Waals surface area contributed by atoms with Gasteiger partial charge in [-0.3, -0.25) is 14.4 Å². The van der Waals surface area contributed by atoms with Gasteiger partial charge in [-0.2, -0.15) is 0 Å². The van der Waals surface area contributed by atoms with Gasteiger partial charge in [0, 0.05) is 19.3 Å². The minimum Gasteiger partial charge on any atom is -0.462 e. The molecule has 0 saturated heterocycles. The molecule has 0 saturated carbocycles. The standard InChI is InChI=1S/C77H142O6/c1-4-7-10-13-16-19-22-25-28-31-33-34-35-36-37-38-39-40-41-42-43-44-47-49-52-55-58-61-64-67-70-76(79)82-73-74(72-81-75(78)69-66-63-60-57-54-51-48-45-30-27-24-21-18-15-12-9-6-3)83-77(80)71-68-65-62-59-56-53-50-46-32-29-26-23-20-17-14-11-8-5-2/h9,12,18,21,27,29-30,32,74H,4-8,10-11,13-17,19-20,22-26,28,31,33-73H2,1-3H3/b12-9-,21-18-,30-27-,32-29-. The molecule has 0 heterocycles. The summed E-state index contributed by atoms with van der Waals surface area (Å²) in [6.45, 7) is 6.59. The molecule has 6 heteroatoms. The van der Waals surface area contributed by atoms with Crippen molar-refractivity contribution in [3.8, 4) is 0 Å². The molecule has 6 nitrogen and oxygen atoms in total. The van der Waals surface area contributed by atoms with Crippen molar-refractivity contribution in [3.63, 3.8) is 0 Å². The Labute approximate surface area is 518 Å². The van der Waals surface area contributed by atoms with Crippen LogP contribution in [0.4, 0.5) is 0 Å². The minimum atomic E-state index is -0.780. The van der Waals surface area contributed by atoms with Crippen LogP contribution in [0.15, 0.2) is 48.6 Å². The summed E-state index contributed by atoms with van der Waals surface area (Å²) >= 11 is 0. The highest BCUT2D eigenvalue weighted by Crippen LogP contribution is 2.19. The summed E-state index contributed by atoms with van der Waals surface area (Å²) in [4.78, 5) is 38.5. The number of carbonyl (C=O) groups excluding carboxylic acids is 3. The van der Waals surface area contributed by atoms with Crippen molar-refractivity contribution in [2.75, 3.05) is 13.2 Å². The lowest BCUT2D eigenvalue weighted by Crippen LogP contribution is -2.30. The monoisotopic (exact) mass is 1160 g/mol. The van der Waals surface area contributed by atoms with Crippen molar-refractivity contribution in [2.24, 2.45) is 0 Å². The Balaban J connectivity index is 4.21. The molecule has 0 aromatic heterocycles. The Morgan fingerprint density at radius 1 is 0.253 bits per heavy atom. The zero-order valence-corrected chi connectivity index (χ0v) is 56.0. The van der Waals surface area contributed by atoms with Crippen LogP contribution < -0.4 is 0 Å². The number of carbonyl (C=O) groups is 3. The third kappa shape index (κ3) is 70.0. The van der Waals surface area contributed by atoms with E-state index in [1.165, 1.54) is 283 Å². The Hall–Kier alpha value is -2.63. The Kier molecular flexibility index (Phi) is 69.6. The van der Waals surface area contributed by atoms with E-state index in [1.54, 1.807) is 0 Å². The third-order valence-corrected chi connectivity index (χ3v) is 16.8. The molecular formula is C77H142O6. The van der Waals surface area contributed by atoms with Gasteiger partial charge >= 0.3 is 17.9 Å². The zero-order valence-electron chi connectivity index (χ0n) is 56.0. The van der Waals surface area contributed by atoms with Crippen LogP contribution in [-0.4, -0.2) is 37.2 Å². The number of hydrogen-bond donors (Lipinski definition) is 0. The van der Waals surface area contributed by atoms with Crippen molar-refractivity contribution < 1.29 is 28.6 Å². The van der Waals surface area contributed by atoms with E-state index in [9.17, 15) is 14.4 Å². The highest BCUT2D eigenvalue weighted by Gasteiger charge is 2.19. The molecule has 0 fully saturated rings. The lowest BCUT2D eigenvalue weighted by Gasteiger charge is -2.18. The Bertz CT molecular complexity index is 1430. The smallest absolute Gasteiger partial charge is 0.306 e. The highest BCUT2D eigenvalue weighted by molar-refractivity contribution is 5.71. The number of esters is 3. The molecule has 83 heavy (non-hydrogen) atoms. The van der Waals surface area contributed by atoms with Gasteiger partial charge in [0.2, 0.25) is 0 Å². The molecule has 0 rings (SSSR count). The molecule has 0 aliphatic carbocycles. The van der Waals surface area contributed by atoms with E-state index in [-0.39, 0.29) is 31.1 Å². The Morgan fingerprint density at radius 3 is 0.747 bits per heavy atom. The predicted molar refractivity (Wildman–Crippen MR) is 362 cm³/mol. The molecule has 0 bridgehead atoms. The van der Waals surface area contributed by atoms with Crippen LogP contribution in [0.5, 0.6) is 0 Å². The van der Waals surface area contributed by atoms with Gasteiger partial charge in [0.1, 0.15) is 13.2 Å². The van der Waals surface area contributed by atoms with Crippen LogP contribution in [0.3, 0.4) is 0 Å². The molecule has 0 N–H and O–H groups in total. The van der Waals surface area contributed by atoms with Crippen LogP contribution in [0.2, 0.25) is 0 Å². The molecule has 1 atom stereocenters. The molecule has 0 aliphatic heterocycles.